The highest BCUT2D eigenvalue weighted by molar-refractivity contribution is 6.60. The van der Waals surface area contributed by atoms with Crippen LogP contribution in [0.3, 0.4) is 0 Å². The molecule has 0 aliphatic carbocycles. The number of benzene rings is 1. The molecule has 0 radical (unpaired) electrons. The number of hydrogen-bond acceptors (Lipinski definition) is 3. The normalized spacial score (nSPS) is 11.9. The molecule has 0 aliphatic heterocycles. The van der Waals surface area contributed by atoms with E-state index in [4.69, 9.17) is 24.9 Å². The minimum Gasteiger partial charge on any atom is -0.373 e. The van der Waals surface area contributed by atoms with Crippen molar-refractivity contribution < 1.29 is 13.3 Å². The monoisotopic (exact) mass is 414 g/mol. The van der Waals surface area contributed by atoms with Crippen molar-refractivity contribution in [2.45, 2.75) is 84.1 Å². The fourth-order valence-corrected chi connectivity index (χ4v) is 5.66. The van der Waals surface area contributed by atoms with Gasteiger partial charge < -0.3 is 13.3 Å². The Hall–Kier alpha value is -0.393. The average Bonchev–Trinajstić information content (AvgIpc) is 2.69. The number of alkyl halides is 1. The number of unbranched alkanes of at least 4 members (excludes halogenated alkanes) is 3. The second kappa shape index (κ2) is 15.5. The Balaban J connectivity index is 2.70. The maximum atomic E-state index is 6.32. The predicted molar refractivity (Wildman–Crippen MR) is 117 cm³/mol. The smallest absolute Gasteiger partial charge is 0.373 e. The minimum atomic E-state index is -2.61. The molecule has 0 amide bonds. The Morgan fingerprint density at radius 2 is 1.30 bits per heavy atom. The van der Waals surface area contributed by atoms with Crippen molar-refractivity contribution in [2.75, 3.05) is 19.8 Å². The van der Waals surface area contributed by atoms with E-state index in [9.17, 15) is 0 Å². The Morgan fingerprint density at radius 3 is 1.78 bits per heavy atom. The molecule has 0 aliphatic rings. The molecule has 3 nitrogen and oxygen atoms in total. The molecule has 1 aromatic carbocycles. The lowest BCUT2D eigenvalue weighted by molar-refractivity contribution is 0.0558. The van der Waals surface area contributed by atoms with E-state index in [2.05, 4.69) is 45.0 Å². The van der Waals surface area contributed by atoms with Gasteiger partial charge in [0.1, 0.15) is 0 Å². The van der Waals surface area contributed by atoms with Gasteiger partial charge in [0, 0.05) is 31.7 Å². The largest absolute Gasteiger partial charge is 0.500 e. The molecule has 0 unspecified atom stereocenters. The summed E-state index contributed by atoms with van der Waals surface area (Å²) in [6, 6.07) is 9.42. The van der Waals surface area contributed by atoms with Crippen LogP contribution in [-0.4, -0.2) is 28.6 Å². The summed E-state index contributed by atoms with van der Waals surface area (Å²) in [7, 11) is -2.61. The summed E-state index contributed by atoms with van der Waals surface area (Å²) in [5, 5.41) is 0. The van der Waals surface area contributed by atoms with Gasteiger partial charge in [0.15, 0.2) is 0 Å². The van der Waals surface area contributed by atoms with E-state index in [1.807, 2.05) is 0 Å². The van der Waals surface area contributed by atoms with Crippen molar-refractivity contribution in [3.05, 3.63) is 35.4 Å². The maximum Gasteiger partial charge on any atom is 0.500 e. The average molecular weight is 415 g/mol. The van der Waals surface area contributed by atoms with Crippen LogP contribution in [0.25, 0.3) is 0 Å². The van der Waals surface area contributed by atoms with E-state index in [1.165, 1.54) is 11.1 Å². The van der Waals surface area contributed by atoms with Gasteiger partial charge in [-0.1, -0.05) is 64.3 Å². The molecule has 1 aromatic rings. The zero-order valence-electron chi connectivity index (χ0n) is 17.6. The van der Waals surface area contributed by atoms with Gasteiger partial charge in [0.05, 0.1) is 0 Å². The van der Waals surface area contributed by atoms with Gasteiger partial charge in [0.2, 0.25) is 0 Å². The molecule has 5 heteroatoms. The first-order valence-electron chi connectivity index (χ1n) is 10.7. The van der Waals surface area contributed by atoms with Crippen LogP contribution < -0.4 is 0 Å². The predicted octanol–water partition coefficient (Wildman–Crippen LogP) is 6.75. The van der Waals surface area contributed by atoms with Crippen LogP contribution in [-0.2, 0) is 25.6 Å². The van der Waals surface area contributed by atoms with Crippen molar-refractivity contribution in [3.8, 4) is 0 Å². The van der Waals surface area contributed by atoms with Crippen LogP contribution in [0.5, 0.6) is 0 Å². The molecule has 0 fully saturated rings. The van der Waals surface area contributed by atoms with Crippen LogP contribution in [0.15, 0.2) is 24.3 Å². The first-order valence-corrected chi connectivity index (χ1v) is 13.2. The topological polar surface area (TPSA) is 27.7 Å². The van der Waals surface area contributed by atoms with Gasteiger partial charge in [-0.3, -0.25) is 0 Å². The molecule has 0 spiro atoms. The number of hydrogen-bond donors (Lipinski definition) is 0. The van der Waals surface area contributed by atoms with Crippen LogP contribution >= 0.6 is 11.6 Å². The first kappa shape index (κ1) is 24.6. The summed E-state index contributed by atoms with van der Waals surface area (Å²) in [5.74, 6) is 0.562. The molecule has 0 N–H and O–H groups in total. The second-order valence-corrected chi connectivity index (χ2v) is 10.1. The summed E-state index contributed by atoms with van der Waals surface area (Å²) in [6.45, 7) is 8.78. The molecule has 27 heavy (non-hydrogen) atoms. The van der Waals surface area contributed by atoms with E-state index >= 15 is 0 Å². The third-order valence-electron chi connectivity index (χ3n) is 4.55. The van der Waals surface area contributed by atoms with Gasteiger partial charge in [0.25, 0.3) is 0 Å². The van der Waals surface area contributed by atoms with Crippen molar-refractivity contribution in [3.63, 3.8) is 0 Å². The summed E-state index contributed by atoms with van der Waals surface area (Å²) < 4.78 is 19.0. The van der Waals surface area contributed by atoms with Gasteiger partial charge in [-0.2, -0.15) is 0 Å². The van der Waals surface area contributed by atoms with Crippen molar-refractivity contribution in [2.24, 2.45) is 0 Å². The molecule has 156 valence electrons. The molecule has 1 rings (SSSR count). The molecular weight excluding hydrogens is 376 g/mol. The van der Waals surface area contributed by atoms with Gasteiger partial charge >= 0.3 is 8.80 Å². The number of halogens is 1. The lowest BCUT2D eigenvalue weighted by Gasteiger charge is -2.30. The highest BCUT2D eigenvalue weighted by Crippen LogP contribution is 2.22. The van der Waals surface area contributed by atoms with Gasteiger partial charge in [-0.05, 0) is 43.2 Å². The van der Waals surface area contributed by atoms with Crippen LogP contribution in [0, 0.1) is 0 Å². The van der Waals surface area contributed by atoms with Crippen molar-refractivity contribution >= 4 is 20.4 Å². The maximum absolute atomic E-state index is 6.32. The Labute approximate surface area is 173 Å². The molecule has 0 saturated carbocycles. The fourth-order valence-electron chi connectivity index (χ4n) is 2.83. The van der Waals surface area contributed by atoms with Gasteiger partial charge in [-0.15, -0.1) is 11.6 Å². The number of aryl methyl sites for hydroxylation is 1. The quantitative estimate of drug-likeness (QED) is 0.160. The minimum absolute atomic E-state index is 0.562. The van der Waals surface area contributed by atoms with E-state index in [1.54, 1.807) is 0 Å². The first-order chi connectivity index (χ1) is 13.2. The lowest BCUT2D eigenvalue weighted by atomic mass is 10.1. The molecule has 0 saturated heterocycles. The molecule has 0 atom stereocenters. The van der Waals surface area contributed by atoms with Crippen LogP contribution in [0.1, 0.15) is 76.8 Å². The van der Waals surface area contributed by atoms with Crippen LogP contribution in [0.2, 0.25) is 6.04 Å². The highest BCUT2D eigenvalue weighted by atomic mass is 35.5. The number of rotatable bonds is 17. The molecule has 0 heterocycles. The molecule has 0 bridgehead atoms. The Morgan fingerprint density at radius 1 is 0.778 bits per heavy atom. The fraction of sp³-hybridized carbons (Fsp3) is 0.727. The summed E-state index contributed by atoms with van der Waals surface area (Å²) in [4.78, 5) is 0. The third kappa shape index (κ3) is 10.6. The molecular formula is C22H39ClO3Si. The van der Waals surface area contributed by atoms with E-state index in [-0.39, 0.29) is 0 Å². The Kier molecular flexibility index (Phi) is 14.2. The summed E-state index contributed by atoms with van der Waals surface area (Å²) >= 11 is 5.97. The highest BCUT2D eigenvalue weighted by Gasteiger charge is 2.40. The Bertz CT molecular complexity index is 458. The molecule has 0 aromatic heterocycles. The van der Waals surface area contributed by atoms with Crippen LogP contribution in [0.4, 0.5) is 0 Å². The van der Waals surface area contributed by atoms with E-state index < -0.39 is 8.80 Å². The standard InChI is InChI=1S/C22H39ClO3Si/c1-4-7-15-24-27(25-16-8-5-2,26-17-9-6-3)18-11-14-21-12-10-13-22(19-21)20-23/h10,12-13,19H,4-9,11,14-18,20H2,1-3H3. The zero-order chi connectivity index (χ0) is 19.8. The van der Waals surface area contributed by atoms with E-state index in [0.29, 0.717) is 5.88 Å². The van der Waals surface area contributed by atoms with E-state index in [0.717, 1.165) is 77.2 Å². The van der Waals surface area contributed by atoms with Gasteiger partial charge in [-0.25, -0.2) is 0 Å². The van der Waals surface area contributed by atoms with Crippen molar-refractivity contribution in [1.82, 2.24) is 0 Å². The van der Waals surface area contributed by atoms with Crippen molar-refractivity contribution in [1.29, 1.82) is 0 Å². The summed E-state index contributed by atoms with van der Waals surface area (Å²) in [6.07, 6.45) is 8.56. The lowest BCUT2D eigenvalue weighted by Crippen LogP contribution is -2.46. The second-order valence-electron chi connectivity index (χ2n) is 7.10. The zero-order valence-corrected chi connectivity index (χ0v) is 19.4. The third-order valence-corrected chi connectivity index (χ3v) is 7.76. The summed E-state index contributed by atoms with van der Waals surface area (Å²) in [5.41, 5.74) is 2.50. The SMILES string of the molecule is CCCCO[Si](CCCc1cccc(CCl)c1)(OCCCC)OCCCC.